The van der Waals surface area contributed by atoms with E-state index < -0.39 is 10.9 Å². The molecule has 0 saturated heterocycles. The van der Waals surface area contributed by atoms with Crippen molar-refractivity contribution < 1.29 is 13.9 Å². The lowest BCUT2D eigenvalue weighted by Crippen LogP contribution is -2.39. The Morgan fingerprint density at radius 1 is 1.36 bits per heavy atom. The van der Waals surface area contributed by atoms with Crippen LogP contribution in [0.3, 0.4) is 0 Å². The number of rotatable bonds is 2. The van der Waals surface area contributed by atoms with Gasteiger partial charge in [0.05, 0.1) is 10.7 Å². The van der Waals surface area contributed by atoms with E-state index in [9.17, 15) is 4.39 Å². The van der Waals surface area contributed by atoms with E-state index >= 15 is 0 Å². The Morgan fingerprint density at radius 2 is 1.93 bits per heavy atom. The highest BCUT2D eigenvalue weighted by Crippen LogP contribution is 2.40. The molecule has 80 valence electrons. The molecule has 0 heterocycles. The topological polar surface area (TPSA) is 44.5 Å². The second kappa shape index (κ2) is 3.70. The van der Waals surface area contributed by atoms with Crippen LogP contribution in [0.1, 0.15) is 0 Å². The summed E-state index contributed by atoms with van der Waals surface area (Å²) in [6.07, 6.45) is 2.14. The highest BCUT2D eigenvalue weighted by molar-refractivity contribution is 6.33. The van der Waals surface area contributed by atoms with Crippen molar-refractivity contribution in [3.8, 4) is 0 Å². The lowest BCUT2D eigenvalue weighted by molar-refractivity contribution is -0.0468. The van der Waals surface area contributed by atoms with Crippen LogP contribution in [-0.4, -0.2) is 25.1 Å². The van der Waals surface area contributed by atoms with Crippen LogP contribution in [0.2, 0.25) is 0 Å². The molecule has 1 rings (SSSR count). The predicted octanol–water partition coefficient (Wildman–Crippen LogP) is 1.86. The standard InChI is InChI=1S/C8H10Cl2FNO2/c1-13-7(10)3-5(9)8(11,14-2)4-6(7)12/h3-4H,12H2,1-2H3. The molecule has 0 saturated carbocycles. The van der Waals surface area contributed by atoms with Crippen LogP contribution >= 0.6 is 23.2 Å². The van der Waals surface area contributed by atoms with Crippen molar-refractivity contribution >= 4 is 23.2 Å². The first kappa shape index (κ1) is 11.8. The summed E-state index contributed by atoms with van der Waals surface area (Å²) >= 11 is 11.5. The molecule has 2 N–H and O–H groups in total. The maximum atomic E-state index is 13.7. The van der Waals surface area contributed by atoms with E-state index in [1.807, 2.05) is 0 Å². The van der Waals surface area contributed by atoms with Crippen LogP contribution in [0, 0.1) is 0 Å². The zero-order valence-corrected chi connectivity index (χ0v) is 9.19. The third-order valence-electron chi connectivity index (χ3n) is 1.97. The molecule has 0 aromatic heterocycles. The minimum absolute atomic E-state index is 0.00424. The molecule has 1 aliphatic rings. The van der Waals surface area contributed by atoms with Crippen molar-refractivity contribution in [2.24, 2.45) is 5.73 Å². The largest absolute Gasteiger partial charge is 0.398 e. The number of methoxy groups -OCH3 is 2. The molecular formula is C8H10Cl2FNO2. The fourth-order valence-corrected chi connectivity index (χ4v) is 1.55. The Hall–Kier alpha value is -0.290. The van der Waals surface area contributed by atoms with Crippen LogP contribution in [0.25, 0.3) is 0 Å². The molecule has 0 radical (unpaired) electrons. The van der Waals surface area contributed by atoms with E-state index in [0.29, 0.717) is 0 Å². The molecule has 0 spiro atoms. The van der Waals surface area contributed by atoms with Crippen LogP contribution < -0.4 is 5.73 Å². The molecule has 0 aliphatic heterocycles. The van der Waals surface area contributed by atoms with Gasteiger partial charge in [0.1, 0.15) is 0 Å². The smallest absolute Gasteiger partial charge is 0.267 e. The number of hydrogen-bond donors (Lipinski definition) is 1. The SMILES string of the molecule is COC1(F)C=C(N)C(Cl)(OC)C=C1Cl. The van der Waals surface area contributed by atoms with Crippen molar-refractivity contribution in [3.05, 3.63) is 22.9 Å². The van der Waals surface area contributed by atoms with Gasteiger partial charge in [-0.2, -0.15) is 0 Å². The minimum atomic E-state index is -2.22. The lowest BCUT2D eigenvalue weighted by atomic mass is 10.1. The normalized spacial score (nSPS) is 37.8. The number of nitrogens with two attached hydrogens (primary N) is 1. The van der Waals surface area contributed by atoms with Crippen LogP contribution in [-0.2, 0) is 9.47 Å². The van der Waals surface area contributed by atoms with Crippen LogP contribution in [0.4, 0.5) is 4.39 Å². The van der Waals surface area contributed by atoms with E-state index in [-0.39, 0.29) is 10.7 Å². The van der Waals surface area contributed by atoms with Crippen molar-refractivity contribution in [2.45, 2.75) is 10.9 Å². The summed E-state index contributed by atoms with van der Waals surface area (Å²) in [6, 6.07) is 0. The predicted molar refractivity (Wildman–Crippen MR) is 52.6 cm³/mol. The van der Waals surface area contributed by atoms with Crippen molar-refractivity contribution in [3.63, 3.8) is 0 Å². The molecule has 6 heteroatoms. The summed E-state index contributed by atoms with van der Waals surface area (Å²) < 4.78 is 23.2. The molecule has 3 nitrogen and oxygen atoms in total. The Balaban J connectivity index is 3.14. The van der Waals surface area contributed by atoms with Gasteiger partial charge in [-0.25, -0.2) is 4.39 Å². The molecule has 0 amide bonds. The molecule has 2 atom stereocenters. The van der Waals surface area contributed by atoms with Crippen LogP contribution in [0.5, 0.6) is 0 Å². The molecule has 0 aromatic rings. The third kappa shape index (κ3) is 1.75. The van der Waals surface area contributed by atoms with Crippen molar-refractivity contribution in [1.82, 2.24) is 0 Å². The second-order valence-corrected chi connectivity index (χ2v) is 3.76. The third-order valence-corrected chi connectivity index (χ3v) is 2.82. The molecule has 2 unspecified atom stereocenters. The fraction of sp³-hybridized carbons (Fsp3) is 0.500. The van der Waals surface area contributed by atoms with Gasteiger partial charge in [-0.15, -0.1) is 0 Å². The van der Waals surface area contributed by atoms with Crippen molar-refractivity contribution in [1.29, 1.82) is 0 Å². The van der Waals surface area contributed by atoms with E-state index in [1.54, 1.807) is 0 Å². The lowest BCUT2D eigenvalue weighted by Gasteiger charge is -2.31. The zero-order valence-electron chi connectivity index (χ0n) is 7.68. The summed E-state index contributed by atoms with van der Waals surface area (Å²) in [5.74, 6) is -2.22. The summed E-state index contributed by atoms with van der Waals surface area (Å²) in [4.78, 5) is 0. The van der Waals surface area contributed by atoms with Crippen molar-refractivity contribution in [2.75, 3.05) is 14.2 Å². The van der Waals surface area contributed by atoms with Gasteiger partial charge in [-0.3, -0.25) is 0 Å². The summed E-state index contributed by atoms with van der Waals surface area (Å²) in [5, 5.41) is -1.61. The van der Waals surface area contributed by atoms with E-state index in [1.165, 1.54) is 14.2 Å². The zero-order chi connectivity index (χ0) is 11.0. The second-order valence-electron chi connectivity index (χ2n) is 2.79. The van der Waals surface area contributed by atoms with Gasteiger partial charge in [-0.05, 0) is 6.08 Å². The summed E-state index contributed by atoms with van der Waals surface area (Å²) in [6.45, 7) is 0. The molecule has 14 heavy (non-hydrogen) atoms. The number of hydrogen-bond acceptors (Lipinski definition) is 3. The first-order chi connectivity index (χ1) is 6.38. The van der Waals surface area contributed by atoms with Crippen LogP contribution in [0.15, 0.2) is 22.9 Å². The van der Waals surface area contributed by atoms with Gasteiger partial charge in [0.2, 0.25) is 5.06 Å². The monoisotopic (exact) mass is 241 g/mol. The Labute approximate surface area is 91.2 Å². The molecule has 0 aromatic carbocycles. The highest BCUT2D eigenvalue weighted by atomic mass is 35.5. The fourth-order valence-electron chi connectivity index (χ4n) is 1.05. The first-order valence-electron chi connectivity index (χ1n) is 3.74. The van der Waals surface area contributed by atoms with Gasteiger partial charge in [0, 0.05) is 20.3 Å². The van der Waals surface area contributed by atoms with Gasteiger partial charge in [0.15, 0.2) is 0 Å². The van der Waals surface area contributed by atoms with Gasteiger partial charge in [0.25, 0.3) is 5.85 Å². The number of alkyl halides is 2. The van der Waals surface area contributed by atoms with E-state index in [2.05, 4.69) is 4.74 Å². The van der Waals surface area contributed by atoms with Gasteiger partial charge < -0.3 is 15.2 Å². The van der Waals surface area contributed by atoms with E-state index in [0.717, 1.165) is 12.2 Å². The number of halogens is 3. The molecule has 1 aliphatic carbocycles. The van der Waals surface area contributed by atoms with Gasteiger partial charge >= 0.3 is 0 Å². The highest BCUT2D eigenvalue weighted by Gasteiger charge is 2.43. The average molecular weight is 242 g/mol. The quantitative estimate of drug-likeness (QED) is 0.751. The number of ether oxygens (including phenoxy) is 2. The molecule has 0 bridgehead atoms. The Morgan fingerprint density at radius 3 is 2.36 bits per heavy atom. The van der Waals surface area contributed by atoms with Gasteiger partial charge in [-0.1, -0.05) is 23.2 Å². The molecule has 0 fully saturated rings. The molecular weight excluding hydrogens is 232 g/mol. The Bertz CT molecular complexity index is 278. The van der Waals surface area contributed by atoms with E-state index in [4.69, 9.17) is 33.7 Å². The maximum absolute atomic E-state index is 13.7. The summed E-state index contributed by atoms with van der Waals surface area (Å²) in [7, 11) is 2.51. The summed E-state index contributed by atoms with van der Waals surface area (Å²) in [5.41, 5.74) is 5.51. The minimum Gasteiger partial charge on any atom is -0.398 e. The Kier molecular flexibility index (Phi) is 3.11. The maximum Gasteiger partial charge on any atom is 0.267 e. The first-order valence-corrected chi connectivity index (χ1v) is 4.49. The average Bonchev–Trinajstić information content (AvgIpc) is 2.15.